The third-order valence-electron chi connectivity index (χ3n) is 2.69. The summed E-state index contributed by atoms with van der Waals surface area (Å²) in [6.45, 7) is 1.49. The van der Waals surface area contributed by atoms with Crippen molar-refractivity contribution in [2.75, 3.05) is 0 Å². The number of amides is 2. The third-order valence-corrected chi connectivity index (χ3v) is 2.69. The predicted octanol–water partition coefficient (Wildman–Crippen LogP) is 1.24. The highest BCUT2D eigenvalue weighted by Crippen LogP contribution is 2.15. The lowest BCUT2D eigenvalue weighted by Gasteiger charge is -2.16. The molecular formula is C13H12F3N3O2. The van der Waals surface area contributed by atoms with Gasteiger partial charge in [-0.15, -0.1) is 0 Å². The van der Waals surface area contributed by atoms with Gasteiger partial charge < -0.3 is 11.1 Å². The van der Waals surface area contributed by atoms with Crippen molar-refractivity contribution in [2.24, 2.45) is 11.7 Å². The third kappa shape index (κ3) is 4.21. The van der Waals surface area contributed by atoms with Crippen LogP contribution in [-0.2, 0) is 4.79 Å². The van der Waals surface area contributed by atoms with E-state index in [0.29, 0.717) is 12.1 Å². The zero-order valence-electron chi connectivity index (χ0n) is 11.0. The van der Waals surface area contributed by atoms with Gasteiger partial charge >= 0.3 is 0 Å². The van der Waals surface area contributed by atoms with E-state index in [1.54, 1.807) is 0 Å². The van der Waals surface area contributed by atoms with Crippen LogP contribution in [0, 0.1) is 34.7 Å². The van der Waals surface area contributed by atoms with E-state index in [1.165, 1.54) is 6.92 Å². The van der Waals surface area contributed by atoms with E-state index in [9.17, 15) is 22.8 Å². The number of carbonyl (C=O) groups is 2. The summed E-state index contributed by atoms with van der Waals surface area (Å²) >= 11 is 0. The second-order valence-corrected chi connectivity index (χ2v) is 4.44. The molecule has 0 aliphatic carbocycles. The van der Waals surface area contributed by atoms with Gasteiger partial charge in [-0.05, 0) is 13.3 Å². The molecule has 1 aromatic carbocycles. The van der Waals surface area contributed by atoms with E-state index in [-0.39, 0.29) is 6.42 Å². The normalized spacial score (nSPS) is 13.1. The Morgan fingerprint density at radius 1 is 1.33 bits per heavy atom. The van der Waals surface area contributed by atoms with E-state index >= 15 is 0 Å². The van der Waals surface area contributed by atoms with Gasteiger partial charge in [0.05, 0.1) is 6.07 Å². The Bertz CT molecular complexity index is 590. The summed E-state index contributed by atoms with van der Waals surface area (Å²) in [5, 5.41) is 10.7. The number of nitrogens with zero attached hydrogens (tertiary/aromatic N) is 1. The van der Waals surface area contributed by atoms with E-state index in [2.05, 4.69) is 0 Å². The lowest BCUT2D eigenvalue weighted by molar-refractivity contribution is -0.120. The molecule has 0 aliphatic rings. The van der Waals surface area contributed by atoms with Crippen LogP contribution in [0.3, 0.4) is 0 Å². The minimum atomic E-state index is -1.40. The monoisotopic (exact) mass is 299 g/mol. The number of halogens is 3. The Balaban J connectivity index is 2.98. The molecule has 2 atom stereocenters. The Morgan fingerprint density at radius 3 is 2.29 bits per heavy atom. The van der Waals surface area contributed by atoms with Gasteiger partial charge in [-0.25, -0.2) is 13.2 Å². The molecule has 2 amide bonds. The summed E-state index contributed by atoms with van der Waals surface area (Å²) in [5.41, 5.74) is 4.03. The fourth-order valence-electron chi connectivity index (χ4n) is 1.64. The Kier molecular flexibility index (Phi) is 5.30. The van der Waals surface area contributed by atoms with Gasteiger partial charge in [-0.3, -0.25) is 9.59 Å². The number of carbonyl (C=O) groups excluding carboxylic acids is 2. The van der Waals surface area contributed by atoms with Crippen molar-refractivity contribution in [1.82, 2.24) is 5.32 Å². The van der Waals surface area contributed by atoms with Gasteiger partial charge in [0, 0.05) is 18.1 Å². The van der Waals surface area contributed by atoms with E-state index < -0.39 is 46.8 Å². The molecule has 0 heterocycles. The SMILES string of the molecule is C[C@H](C#N)C[C@@H](NC(=O)c1c(F)cc(F)cc1F)C(N)=O. The fraction of sp³-hybridized carbons (Fsp3) is 0.308. The Morgan fingerprint density at radius 2 is 1.86 bits per heavy atom. The number of hydrogen-bond acceptors (Lipinski definition) is 3. The van der Waals surface area contributed by atoms with Crippen LogP contribution in [0.15, 0.2) is 12.1 Å². The number of nitriles is 1. The first-order chi connectivity index (χ1) is 9.76. The molecule has 0 saturated carbocycles. The number of rotatable bonds is 5. The quantitative estimate of drug-likeness (QED) is 0.856. The molecule has 0 fully saturated rings. The number of nitrogens with two attached hydrogens (primary N) is 1. The first kappa shape index (κ1) is 16.5. The van der Waals surface area contributed by atoms with Crippen LogP contribution in [-0.4, -0.2) is 17.9 Å². The fourth-order valence-corrected chi connectivity index (χ4v) is 1.64. The molecule has 0 bridgehead atoms. The Labute approximate surface area is 118 Å². The second kappa shape index (κ2) is 6.74. The average Bonchev–Trinajstić information content (AvgIpc) is 2.36. The van der Waals surface area contributed by atoms with Crippen LogP contribution in [0.1, 0.15) is 23.7 Å². The molecule has 0 spiro atoms. The van der Waals surface area contributed by atoms with Crippen LogP contribution in [0.5, 0.6) is 0 Å². The summed E-state index contributed by atoms with van der Waals surface area (Å²) in [6, 6.07) is 1.25. The van der Waals surface area contributed by atoms with Crippen LogP contribution in [0.2, 0.25) is 0 Å². The smallest absolute Gasteiger partial charge is 0.257 e. The molecule has 112 valence electrons. The number of hydrogen-bond donors (Lipinski definition) is 2. The number of nitrogens with one attached hydrogen (secondary N) is 1. The van der Waals surface area contributed by atoms with E-state index in [1.807, 2.05) is 11.4 Å². The van der Waals surface area contributed by atoms with Gasteiger partial charge in [-0.2, -0.15) is 5.26 Å². The van der Waals surface area contributed by atoms with Gasteiger partial charge in [0.2, 0.25) is 5.91 Å². The molecule has 1 aromatic rings. The highest BCUT2D eigenvalue weighted by molar-refractivity contribution is 5.97. The van der Waals surface area contributed by atoms with Gasteiger partial charge in [0.1, 0.15) is 29.1 Å². The molecule has 0 aliphatic heterocycles. The first-order valence-corrected chi connectivity index (χ1v) is 5.90. The van der Waals surface area contributed by atoms with Crippen molar-refractivity contribution < 1.29 is 22.8 Å². The van der Waals surface area contributed by atoms with Crippen molar-refractivity contribution in [3.05, 3.63) is 35.1 Å². The zero-order chi connectivity index (χ0) is 16.2. The molecule has 0 unspecified atom stereocenters. The van der Waals surface area contributed by atoms with E-state index in [4.69, 9.17) is 11.0 Å². The lowest BCUT2D eigenvalue weighted by atomic mass is 10.0. The highest BCUT2D eigenvalue weighted by Gasteiger charge is 2.25. The first-order valence-electron chi connectivity index (χ1n) is 5.90. The van der Waals surface area contributed by atoms with Gasteiger partial charge in [-0.1, -0.05) is 0 Å². The molecule has 0 radical (unpaired) electrons. The largest absolute Gasteiger partial charge is 0.368 e. The Hall–Kier alpha value is -2.56. The standard InChI is InChI=1S/C13H12F3N3O2/c1-6(5-17)2-10(12(18)20)19-13(21)11-8(15)3-7(14)4-9(11)16/h3-4,6,10H,2H2,1H3,(H2,18,20)(H,19,21)/t6-,10+/m0/s1. The molecular weight excluding hydrogens is 287 g/mol. The molecule has 0 saturated heterocycles. The lowest BCUT2D eigenvalue weighted by Crippen LogP contribution is -2.45. The molecule has 5 nitrogen and oxygen atoms in total. The van der Waals surface area contributed by atoms with Crippen LogP contribution in [0.4, 0.5) is 13.2 Å². The number of benzene rings is 1. The van der Waals surface area contributed by atoms with Crippen molar-refractivity contribution >= 4 is 11.8 Å². The molecule has 3 N–H and O–H groups in total. The summed E-state index contributed by atoms with van der Waals surface area (Å²) in [6.07, 6.45) is -0.109. The minimum Gasteiger partial charge on any atom is -0.368 e. The molecule has 0 aromatic heterocycles. The summed E-state index contributed by atoms with van der Waals surface area (Å²) in [4.78, 5) is 23.0. The molecule has 21 heavy (non-hydrogen) atoms. The summed E-state index contributed by atoms with van der Waals surface area (Å²) in [7, 11) is 0. The van der Waals surface area contributed by atoms with Crippen LogP contribution < -0.4 is 11.1 Å². The highest BCUT2D eigenvalue weighted by atomic mass is 19.1. The topological polar surface area (TPSA) is 96.0 Å². The number of primary amides is 1. The van der Waals surface area contributed by atoms with Crippen molar-refractivity contribution in [1.29, 1.82) is 5.26 Å². The van der Waals surface area contributed by atoms with Gasteiger partial charge in [0.15, 0.2) is 0 Å². The van der Waals surface area contributed by atoms with Crippen LogP contribution in [0.25, 0.3) is 0 Å². The predicted molar refractivity (Wildman–Crippen MR) is 66.2 cm³/mol. The van der Waals surface area contributed by atoms with Crippen molar-refractivity contribution in [3.8, 4) is 6.07 Å². The second-order valence-electron chi connectivity index (χ2n) is 4.44. The van der Waals surface area contributed by atoms with Crippen molar-refractivity contribution in [2.45, 2.75) is 19.4 Å². The molecule has 8 heteroatoms. The van der Waals surface area contributed by atoms with E-state index in [0.717, 1.165) is 0 Å². The summed E-state index contributed by atoms with van der Waals surface area (Å²) < 4.78 is 39.6. The average molecular weight is 299 g/mol. The van der Waals surface area contributed by atoms with Gasteiger partial charge in [0.25, 0.3) is 5.91 Å². The van der Waals surface area contributed by atoms with Crippen molar-refractivity contribution in [3.63, 3.8) is 0 Å². The van der Waals surface area contributed by atoms with Crippen LogP contribution >= 0.6 is 0 Å². The summed E-state index contributed by atoms with van der Waals surface area (Å²) in [5.74, 6) is -6.78. The maximum Gasteiger partial charge on any atom is 0.257 e. The molecule has 1 rings (SSSR count). The minimum absolute atomic E-state index is 0.109. The maximum atomic E-state index is 13.4. The zero-order valence-corrected chi connectivity index (χ0v) is 11.0. The maximum absolute atomic E-state index is 13.4.